The van der Waals surface area contributed by atoms with Crippen LogP contribution in [-0.2, 0) is 26.8 Å². The first-order chi connectivity index (χ1) is 14.2. The van der Waals surface area contributed by atoms with Gasteiger partial charge in [0, 0.05) is 25.7 Å². The minimum atomic E-state index is -3.40. The fourth-order valence-corrected chi connectivity index (χ4v) is 4.89. The molecule has 0 saturated carbocycles. The van der Waals surface area contributed by atoms with Gasteiger partial charge in [-0.1, -0.05) is 57.2 Å². The van der Waals surface area contributed by atoms with Gasteiger partial charge in [-0.2, -0.15) is 4.31 Å². The van der Waals surface area contributed by atoms with Crippen LogP contribution in [0.5, 0.6) is 0 Å². The molecule has 2 aromatic carbocycles. The molecule has 3 rings (SSSR count). The molecule has 6 heteroatoms. The maximum Gasteiger partial charge on any atom is 0.244 e. The SMILES string of the molecule is CC(C)(C)c1ccc(/C=C/C(=O)NCc2ccc(S(=O)(=O)N3CCCC3)cc2)cc1. The van der Waals surface area contributed by atoms with E-state index in [1.807, 2.05) is 12.1 Å². The summed E-state index contributed by atoms with van der Waals surface area (Å²) in [7, 11) is -3.40. The molecule has 1 heterocycles. The van der Waals surface area contributed by atoms with Gasteiger partial charge in [-0.15, -0.1) is 0 Å². The van der Waals surface area contributed by atoms with E-state index in [0.717, 1.165) is 24.0 Å². The first-order valence-electron chi connectivity index (χ1n) is 10.3. The van der Waals surface area contributed by atoms with Gasteiger partial charge in [-0.25, -0.2) is 8.42 Å². The molecule has 1 saturated heterocycles. The Labute approximate surface area is 179 Å². The molecule has 1 N–H and O–H groups in total. The highest BCUT2D eigenvalue weighted by Crippen LogP contribution is 2.23. The summed E-state index contributed by atoms with van der Waals surface area (Å²) in [5.41, 5.74) is 3.17. The number of hydrogen-bond acceptors (Lipinski definition) is 3. The number of rotatable bonds is 6. The van der Waals surface area contributed by atoms with Crippen molar-refractivity contribution >= 4 is 22.0 Å². The van der Waals surface area contributed by atoms with E-state index in [4.69, 9.17) is 0 Å². The van der Waals surface area contributed by atoms with Crippen molar-refractivity contribution in [3.63, 3.8) is 0 Å². The van der Waals surface area contributed by atoms with Crippen LogP contribution in [0, 0.1) is 0 Å². The lowest BCUT2D eigenvalue weighted by Gasteiger charge is -2.18. The molecular weight excluding hydrogens is 396 g/mol. The Kier molecular flexibility index (Phi) is 6.78. The first kappa shape index (κ1) is 22.2. The largest absolute Gasteiger partial charge is 0.348 e. The summed E-state index contributed by atoms with van der Waals surface area (Å²) in [6, 6.07) is 14.9. The summed E-state index contributed by atoms with van der Waals surface area (Å²) >= 11 is 0. The van der Waals surface area contributed by atoms with Gasteiger partial charge in [0.25, 0.3) is 0 Å². The van der Waals surface area contributed by atoms with Crippen LogP contribution >= 0.6 is 0 Å². The standard InChI is InChI=1S/C24H30N2O3S/c1-24(2,3)21-11-6-19(7-12-21)10-15-23(27)25-18-20-8-13-22(14-9-20)30(28,29)26-16-4-5-17-26/h6-15H,4-5,16-18H2,1-3H3,(H,25,27)/b15-10+. The van der Waals surface area contributed by atoms with E-state index in [1.165, 1.54) is 15.9 Å². The lowest BCUT2D eigenvalue weighted by atomic mass is 9.87. The van der Waals surface area contributed by atoms with Crippen LogP contribution in [0.15, 0.2) is 59.5 Å². The van der Waals surface area contributed by atoms with Gasteiger partial charge in [0.2, 0.25) is 15.9 Å². The number of nitrogens with one attached hydrogen (secondary N) is 1. The van der Waals surface area contributed by atoms with Crippen LogP contribution < -0.4 is 5.32 Å². The normalized spacial score (nSPS) is 15.6. The van der Waals surface area contributed by atoms with Crippen molar-refractivity contribution in [3.8, 4) is 0 Å². The van der Waals surface area contributed by atoms with Crippen molar-refractivity contribution in [1.82, 2.24) is 9.62 Å². The maximum absolute atomic E-state index is 12.6. The first-order valence-corrected chi connectivity index (χ1v) is 11.8. The molecule has 5 nitrogen and oxygen atoms in total. The lowest BCUT2D eigenvalue weighted by molar-refractivity contribution is -0.116. The average molecular weight is 427 g/mol. The summed E-state index contributed by atoms with van der Waals surface area (Å²) in [5, 5.41) is 2.83. The third-order valence-corrected chi connectivity index (χ3v) is 7.21. The second-order valence-corrected chi connectivity index (χ2v) is 10.6. The average Bonchev–Trinajstić information content (AvgIpc) is 3.26. The lowest BCUT2D eigenvalue weighted by Crippen LogP contribution is -2.27. The predicted molar refractivity (Wildman–Crippen MR) is 120 cm³/mol. The highest BCUT2D eigenvalue weighted by molar-refractivity contribution is 7.89. The van der Waals surface area contributed by atoms with Crippen LogP contribution in [0.3, 0.4) is 0 Å². The van der Waals surface area contributed by atoms with Gasteiger partial charge >= 0.3 is 0 Å². The molecule has 0 aliphatic carbocycles. The number of amides is 1. The number of sulfonamides is 1. The van der Waals surface area contributed by atoms with Crippen molar-refractivity contribution in [2.45, 2.75) is 50.5 Å². The van der Waals surface area contributed by atoms with Gasteiger partial charge in [0.15, 0.2) is 0 Å². The molecule has 0 bridgehead atoms. The summed E-state index contributed by atoms with van der Waals surface area (Å²) in [4.78, 5) is 12.4. The number of benzene rings is 2. The number of carbonyl (C=O) groups excluding carboxylic acids is 1. The summed E-state index contributed by atoms with van der Waals surface area (Å²) in [6.07, 6.45) is 5.13. The quantitative estimate of drug-likeness (QED) is 0.707. The smallest absolute Gasteiger partial charge is 0.244 e. The van der Waals surface area contributed by atoms with Crippen LogP contribution in [0.4, 0.5) is 0 Å². The Morgan fingerprint density at radius 2 is 1.60 bits per heavy atom. The summed E-state index contributed by atoms with van der Waals surface area (Å²) in [5.74, 6) is -0.191. The van der Waals surface area contributed by atoms with Crippen molar-refractivity contribution in [2.75, 3.05) is 13.1 Å². The maximum atomic E-state index is 12.6. The molecule has 0 spiro atoms. The molecule has 1 aliphatic rings. The number of carbonyl (C=O) groups is 1. The number of hydrogen-bond donors (Lipinski definition) is 1. The Morgan fingerprint density at radius 3 is 2.17 bits per heavy atom. The molecule has 0 aromatic heterocycles. The molecule has 30 heavy (non-hydrogen) atoms. The fourth-order valence-electron chi connectivity index (χ4n) is 3.37. The molecule has 1 aliphatic heterocycles. The second-order valence-electron chi connectivity index (χ2n) is 8.68. The van der Waals surface area contributed by atoms with Gasteiger partial charge in [0.1, 0.15) is 0 Å². The van der Waals surface area contributed by atoms with E-state index >= 15 is 0 Å². The van der Waals surface area contributed by atoms with Crippen LogP contribution in [0.25, 0.3) is 6.08 Å². The predicted octanol–water partition coefficient (Wildman–Crippen LogP) is 4.10. The molecule has 160 valence electrons. The van der Waals surface area contributed by atoms with Crippen LogP contribution in [0.1, 0.15) is 50.3 Å². The molecule has 0 unspecified atom stereocenters. The van der Waals surface area contributed by atoms with Gasteiger partial charge in [-0.3, -0.25) is 4.79 Å². The Hall–Kier alpha value is -2.44. The third-order valence-electron chi connectivity index (χ3n) is 5.30. The van der Waals surface area contributed by atoms with Gasteiger partial charge < -0.3 is 5.32 Å². The molecule has 1 amide bonds. The Bertz CT molecular complexity index is 996. The van der Waals surface area contributed by atoms with E-state index in [0.29, 0.717) is 24.5 Å². The highest BCUT2D eigenvalue weighted by atomic mass is 32.2. The zero-order valence-electron chi connectivity index (χ0n) is 17.9. The molecule has 1 fully saturated rings. The minimum absolute atomic E-state index is 0.100. The van der Waals surface area contributed by atoms with Crippen molar-refractivity contribution < 1.29 is 13.2 Å². The van der Waals surface area contributed by atoms with Crippen LogP contribution in [-0.4, -0.2) is 31.7 Å². The monoisotopic (exact) mass is 426 g/mol. The second kappa shape index (κ2) is 9.14. The Morgan fingerprint density at radius 1 is 1.00 bits per heavy atom. The van der Waals surface area contributed by atoms with Crippen LogP contribution in [0.2, 0.25) is 0 Å². The van der Waals surface area contributed by atoms with E-state index < -0.39 is 10.0 Å². The zero-order valence-corrected chi connectivity index (χ0v) is 18.7. The van der Waals surface area contributed by atoms with Crippen molar-refractivity contribution in [3.05, 3.63) is 71.3 Å². The molecular formula is C24H30N2O3S. The fraction of sp³-hybridized carbons (Fsp3) is 0.375. The van der Waals surface area contributed by atoms with Gasteiger partial charge in [0.05, 0.1) is 4.90 Å². The summed E-state index contributed by atoms with van der Waals surface area (Å²) in [6.45, 7) is 8.02. The van der Waals surface area contributed by atoms with E-state index in [9.17, 15) is 13.2 Å². The van der Waals surface area contributed by atoms with E-state index in [1.54, 1.807) is 30.3 Å². The third kappa shape index (κ3) is 5.58. The zero-order chi connectivity index (χ0) is 21.8. The molecule has 0 atom stereocenters. The van der Waals surface area contributed by atoms with Gasteiger partial charge in [-0.05, 0) is 53.2 Å². The number of nitrogens with zero attached hydrogens (tertiary/aromatic N) is 1. The Balaban J connectivity index is 1.54. The molecule has 0 radical (unpaired) electrons. The topological polar surface area (TPSA) is 66.5 Å². The highest BCUT2D eigenvalue weighted by Gasteiger charge is 2.26. The van der Waals surface area contributed by atoms with Crippen molar-refractivity contribution in [1.29, 1.82) is 0 Å². The van der Waals surface area contributed by atoms with E-state index in [2.05, 4.69) is 38.2 Å². The minimum Gasteiger partial charge on any atom is -0.348 e. The summed E-state index contributed by atoms with van der Waals surface area (Å²) < 4.78 is 26.6. The van der Waals surface area contributed by atoms with Crippen molar-refractivity contribution in [2.24, 2.45) is 0 Å². The molecule has 2 aromatic rings. The van der Waals surface area contributed by atoms with E-state index in [-0.39, 0.29) is 11.3 Å².